The maximum absolute atomic E-state index is 11.9. The van der Waals surface area contributed by atoms with Gasteiger partial charge < -0.3 is 15.2 Å². The monoisotopic (exact) mass is 277 g/mol. The fourth-order valence-corrected chi connectivity index (χ4v) is 2.56. The minimum Gasteiger partial charge on any atom is -0.492 e. The maximum atomic E-state index is 11.9. The van der Waals surface area contributed by atoms with Crippen LogP contribution in [-0.2, 0) is 9.59 Å². The largest absolute Gasteiger partial charge is 0.492 e. The first-order chi connectivity index (χ1) is 9.68. The Labute approximate surface area is 117 Å². The van der Waals surface area contributed by atoms with Gasteiger partial charge in [-0.2, -0.15) is 0 Å². The Morgan fingerprint density at radius 1 is 1.20 bits per heavy atom. The van der Waals surface area contributed by atoms with Crippen molar-refractivity contribution < 1.29 is 19.4 Å². The van der Waals surface area contributed by atoms with Gasteiger partial charge in [0.1, 0.15) is 12.4 Å². The van der Waals surface area contributed by atoms with E-state index in [1.807, 2.05) is 30.3 Å². The van der Waals surface area contributed by atoms with Gasteiger partial charge in [0, 0.05) is 0 Å². The first kappa shape index (κ1) is 14.4. The van der Waals surface area contributed by atoms with E-state index < -0.39 is 17.8 Å². The molecular formula is C15H19NO4. The zero-order valence-electron chi connectivity index (χ0n) is 11.2. The molecule has 1 saturated carbocycles. The van der Waals surface area contributed by atoms with E-state index in [9.17, 15) is 9.59 Å². The summed E-state index contributed by atoms with van der Waals surface area (Å²) < 4.78 is 5.46. The second kappa shape index (κ2) is 6.93. The SMILES string of the molecule is O=C(O)C1CCCC1C(=O)NCCOc1ccccc1. The van der Waals surface area contributed by atoms with Crippen LogP contribution in [0, 0.1) is 11.8 Å². The number of para-hydroxylation sites is 1. The first-order valence-corrected chi connectivity index (χ1v) is 6.87. The first-order valence-electron chi connectivity index (χ1n) is 6.87. The zero-order valence-corrected chi connectivity index (χ0v) is 11.2. The van der Waals surface area contributed by atoms with Crippen molar-refractivity contribution >= 4 is 11.9 Å². The standard InChI is InChI=1S/C15H19NO4/c17-14(12-7-4-8-13(12)15(18)19)16-9-10-20-11-5-2-1-3-6-11/h1-3,5-6,12-13H,4,7-10H2,(H,16,17)(H,18,19). The molecule has 5 heteroatoms. The Balaban J connectivity index is 1.71. The number of hydrogen-bond donors (Lipinski definition) is 2. The molecule has 2 atom stereocenters. The van der Waals surface area contributed by atoms with Crippen molar-refractivity contribution in [3.8, 4) is 5.75 Å². The van der Waals surface area contributed by atoms with Crippen LogP contribution in [0.4, 0.5) is 0 Å². The Kier molecular flexibility index (Phi) is 4.98. The van der Waals surface area contributed by atoms with Crippen molar-refractivity contribution in [2.45, 2.75) is 19.3 Å². The molecule has 5 nitrogen and oxygen atoms in total. The molecule has 1 fully saturated rings. The summed E-state index contributed by atoms with van der Waals surface area (Å²) in [6.07, 6.45) is 2.05. The number of carbonyl (C=O) groups is 2. The summed E-state index contributed by atoms with van der Waals surface area (Å²) in [5, 5.41) is 11.8. The number of aliphatic carboxylic acids is 1. The predicted molar refractivity (Wildman–Crippen MR) is 73.4 cm³/mol. The fourth-order valence-electron chi connectivity index (χ4n) is 2.56. The van der Waals surface area contributed by atoms with Crippen LogP contribution in [0.1, 0.15) is 19.3 Å². The molecule has 0 aliphatic heterocycles. The van der Waals surface area contributed by atoms with E-state index in [0.29, 0.717) is 26.0 Å². The number of benzene rings is 1. The van der Waals surface area contributed by atoms with E-state index in [1.54, 1.807) is 0 Å². The molecule has 0 aromatic heterocycles. The van der Waals surface area contributed by atoms with Crippen LogP contribution < -0.4 is 10.1 Å². The summed E-state index contributed by atoms with van der Waals surface area (Å²) in [6.45, 7) is 0.761. The third kappa shape index (κ3) is 3.73. The molecule has 0 bridgehead atoms. The van der Waals surface area contributed by atoms with Crippen LogP contribution in [0.2, 0.25) is 0 Å². The molecule has 0 heterocycles. The van der Waals surface area contributed by atoms with E-state index in [1.165, 1.54) is 0 Å². The topological polar surface area (TPSA) is 75.6 Å². The van der Waals surface area contributed by atoms with Crippen LogP contribution in [0.15, 0.2) is 30.3 Å². The Bertz CT molecular complexity index is 460. The molecule has 1 aliphatic rings. The Hall–Kier alpha value is -2.04. The molecule has 108 valence electrons. The number of hydrogen-bond acceptors (Lipinski definition) is 3. The fraction of sp³-hybridized carbons (Fsp3) is 0.467. The molecule has 2 rings (SSSR count). The number of carboxylic acids is 1. The van der Waals surface area contributed by atoms with E-state index in [-0.39, 0.29) is 5.91 Å². The average Bonchev–Trinajstić information content (AvgIpc) is 2.94. The number of carbonyl (C=O) groups excluding carboxylic acids is 1. The van der Waals surface area contributed by atoms with Crippen molar-refractivity contribution in [1.29, 1.82) is 0 Å². The van der Waals surface area contributed by atoms with Gasteiger partial charge in [-0.1, -0.05) is 24.6 Å². The van der Waals surface area contributed by atoms with Gasteiger partial charge in [0.05, 0.1) is 18.4 Å². The van der Waals surface area contributed by atoms with Gasteiger partial charge in [-0.25, -0.2) is 0 Å². The van der Waals surface area contributed by atoms with E-state index in [4.69, 9.17) is 9.84 Å². The Morgan fingerprint density at radius 3 is 2.60 bits per heavy atom. The molecule has 20 heavy (non-hydrogen) atoms. The van der Waals surface area contributed by atoms with Crippen LogP contribution in [-0.4, -0.2) is 30.1 Å². The summed E-state index contributed by atoms with van der Waals surface area (Å²) >= 11 is 0. The lowest BCUT2D eigenvalue weighted by Gasteiger charge is -2.15. The van der Waals surface area contributed by atoms with E-state index >= 15 is 0 Å². The smallest absolute Gasteiger partial charge is 0.307 e. The molecular weight excluding hydrogens is 258 g/mol. The summed E-state index contributed by atoms with van der Waals surface area (Å²) in [6, 6.07) is 9.35. The quantitative estimate of drug-likeness (QED) is 0.776. The second-order valence-corrected chi connectivity index (χ2v) is 4.93. The van der Waals surface area contributed by atoms with Gasteiger partial charge in [-0.15, -0.1) is 0 Å². The highest BCUT2D eigenvalue weighted by molar-refractivity contribution is 5.85. The van der Waals surface area contributed by atoms with Gasteiger partial charge in [0.15, 0.2) is 0 Å². The van der Waals surface area contributed by atoms with Gasteiger partial charge in [0.2, 0.25) is 5.91 Å². The molecule has 1 aliphatic carbocycles. The van der Waals surface area contributed by atoms with Crippen LogP contribution in [0.25, 0.3) is 0 Å². The van der Waals surface area contributed by atoms with Crippen molar-refractivity contribution in [3.05, 3.63) is 30.3 Å². The second-order valence-electron chi connectivity index (χ2n) is 4.93. The van der Waals surface area contributed by atoms with Crippen molar-refractivity contribution in [2.24, 2.45) is 11.8 Å². The normalized spacial score (nSPS) is 21.4. The van der Waals surface area contributed by atoms with Crippen molar-refractivity contribution in [3.63, 3.8) is 0 Å². The van der Waals surface area contributed by atoms with Crippen LogP contribution >= 0.6 is 0 Å². The number of nitrogens with one attached hydrogen (secondary N) is 1. The number of amides is 1. The van der Waals surface area contributed by atoms with Gasteiger partial charge in [-0.05, 0) is 25.0 Å². The number of ether oxygens (including phenoxy) is 1. The maximum Gasteiger partial charge on any atom is 0.307 e. The lowest BCUT2D eigenvalue weighted by molar-refractivity contribution is -0.146. The highest BCUT2D eigenvalue weighted by atomic mass is 16.5. The van der Waals surface area contributed by atoms with Crippen molar-refractivity contribution in [2.75, 3.05) is 13.2 Å². The molecule has 0 saturated heterocycles. The van der Waals surface area contributed by atoms with Gasteiger partial charge in [-0.3, -0.25) is 9.59 Å². The van der Waals surface area contributed by atoms with Gasteiger partial charge >= 0.3 is 5.97 Å². The van der Waals surface area contributed by atoms with Crippen LogP contribution in [0.3, 0.4) is 0 Å². The summed E-state index contributed by atoms with van der Waals surface area (Å²) in [4.78, 5) is 23.0. The molecule has 2 N–H and O–H groups in total. The average molecular weight is 277 g/mol. The highest BCUT2D eigenvalue weighted by Crippen LogP contribution is 2.31. The highest BCUT2D eigenvalue weighted by Gasteiger charge is 2.37. The predicted octanol–water partition coefficient (Wildman–Crippen LogP) is 1.68. The lowest BCUT2D eigenvalue weighted by Crippen LogP contribution is -2.37. The van der Waals surface area contributed by atoms with Gasteiger partial charge in [0.25, 0.3) is 0 Å². The molecule has 0 spiro atoms. The Morgan fingerprint density at radius 2 is 1.90 bits per heavy atom. The van der Waals surface area contributed by atoms with E-state index in [0.717, 1.165) is 12.2 Å². The zero-order chi connectivity index (χ0) is 14.4. The van der Waals surface area contributed by atoms with Crippen LogP contribution in [0.5, 0.6) is 5.75 Å². The number of carboxylic acid groups (broad SMARTS) is 1. The molecule has 2 unspecified atom stereocenters. The summed E-state index contributed by atoms with van der Waals surface area (Å²) in [5.74, 6) is -1.23. The minimum absolute atomic E-state index is 0.174. The third-order valence-corrected chi connectivity index (χ3v) is 3.58. The lowest BCUT2D eigenvalue weighted by atomic mass is 9.95. The third-order valence-electron chi connectivity index (χ3n) is 3.58. The molecule has 0 radical (unpaired) electrons. The number of rotatable bonds is 6. The molecule has 1 amide bonds. The minimum atomic E-state index is -0.872. The molecule has 1 aromatic carbocycles. The molecule has 1 aromatic rings. The van der Waals surface area contributed by atoms with Crippen molar-refractivity contribution in [1.82, 2.24) is 5.32 Å². The van der Waals surface area contributed by atoms with E-state index in [2.05, 4.69) is 5.32 Å². The summed E-state index contributed by atoms with van der Waals surface area (Å²) in [7, 11) is 0. The summed E-state index contributed by atoms with van der Waals surface area (Å²) in [5.41, 5.74) is 0.